The van der Waals surface area contributed by atoms with Crippen LogP contribution in [0.15, 0.2) is 4.52 Å². The van der Waals surface area contributed by atoms with Gasteiger partial charge in [0.15, 0.2) is 0 Å². The van der Waals surface area contributed by atoms with Gasteiger partial charge in [-0.05, 0) is 9.39 Å². The molecular formula is C3H9NP2. The van der Waals surface area contributed by atoms with Gasteiger partial charge in [0.05, 0.1) is 0 Å². The molecule has 6 heavy (non-hydrogen) atoms. The summed E-state index contributed by atoms with van der Waals surface area (Å²) in [7, 11) is 3.50. The van der Waals surface area contributed by atoms with Gasteiger partial charge >= 0.3 is 0 Å². The van der Waals surface area contributed by atoms with E-state index in [-0.39, 0.29) is 0 Å². The lowest BCUT2D eigenvalue weighted by Crippen LogP contribution is -1.72. The van der Waals surface area contributed by atoms with Crippen LogP contribution in [0.2, 0.25) is 0 Å². The third-order valence-corrected chi connectivity index (χ3v) is 1.29. The van der Waals surface area contributed by atoms with E-state index in [0.29, 0.717) is 5.66 Å². The van der Waals surface area contributed by atoms with Crippen LogP contribution in [-0.4, -0.2) is 5.66 Å². The van der Waals surface area contributed by atoms with Crippen LogP contribution in [0.25, 0.3) is 0 Å². The Labute approximate surface area is 42.7 Å². The molecule has 1 nitrogen and oxygen atoms in total. The summed E-state index contributed by atoms with van der Waals surface area (Å²) >= 11 is 0. The predicted molar refractivity (Wildman–Crippen MR) is 34.2 cm³/mol. The largest absolute Gasteiger partial charge is 0.252 e. The minimum absolute atomic E-state index is 0.683. The molecule has 0 aliphatic carbocycles. The third kappa shape index (κ3) is 4.53. The van der Waals surface area contributed by atoms with Crippen molar-refractivity contribution < 1.29 is 0 Å². The van der Waals surface area contributed by atoms with Crippen molar-refractivity contribution >= 4 is 17.8 Å². The van der Waals surface area contributed by atoms with Gasteiger partial charge in [-0.1, -0.05) is 13.8 Å². The summed E-state index contributed by atoms with van der Waals surface area (Å²) in [6, 6.07) is 0. The van der Waals surface area contributed by atoms with Gasteiger partial charge in [0.25, 0.3) is 0 Å². The van der Waals surface area contributed by atoms with Crippen LogP contribution in [-0.2, 0) is 0 Å². The molecule has 0 aliphatic rings. The summed E-state index contributed by atoms with van der Waals surface area (Å²) in [5.74, 6) is 0. The number of nitrogens with zero attached hydrogens (tertiary/aromatic N) is 1. The molecule has 1 unspecified atom stereocenters. The zero-order chi connectivity index (χ0) is 4.99. The molecule has 1 atom stereocenters. The van der Waals surface area contributed by atoms with Gasteiger partial charge in [-0.15, -0.1) is 0 Å². The second-order valence-corrected chi connectivity index (χ2v) is 3.51. The first-order valence-electron chi connectivity index (χ1n) is 1.87. The highest BCUT2D eigenvalue weighted by atomic mass is 31.1. The van der Waals surface area contributed by atoms with Gasteiger partial charge in [-0.2, -0.15) is 0 Å². The summed E-state index contributed by atoms with van der Waals surface area (Å²) in [6.45, 7) is 4.27. The smallest absolute Gasteiger partial charge is 0.0130 e. The van der Waals surface area contributed by atoms with Crippen molar-refractivity contribution in [1.29, 1.82) is 0 Å². The quantitative estimate of drug-likeness (QED) is 0.472. The zero-order valence-electron chi connectivity index (χ0n) is 4.05. The molecule has 0 aromatic carbocycles. The molecule has 0 aromatic heterocycles. The van der Waals surface area contributed by atoms with Crippen molar-refractivity contribution in [3.8, 4) is 0 Å². The molecule has 0 aromatic rings. The predicted octanol–water partition coefficient (Wildman–Crippen LogP) is 2.31. The molecule has 0 aliphatic heterocycles. The Morgan fingerprint density at radius 1 is 1.67 bits per heavy atom. The average Bonchev–Trinajstić information content (AvgIpc) is 1.35. The topological polar surface area (TPSA) is 12.4 Å². The fourth-order valence-electron chi connectivity index (χ4n) is 0.133. The van der Waals surface area contributed by atoms with Gasteiger partial charge in [-0.3, -0.25) is 4.52 Å². The highest BCUT2D eigenvalue weighted by molar-refractivity contribution is 7.35. The summed E-state index contributed by atoms with van der Waals surface area (Å²) in [5.41, 5.74) is 0.683. The van der Waals surface area contributed by atoms with Gasteiger partial charge in [0, 0.05) is 14.0 Å². The van der Waals surface area contributed by atoms with E-state index in [1.54, 1.807) is 0 Å². The first-order valence-corrected chi connectivity index (χ1v) is 3.30. The molecule has 0 saturated carbocycles. The van der Waals surface area contributed by atoms with E-state index in [1.165, 1.54) is 8.37 Å². The number of rotatable bonds is 1. The summed E-state index contributed by atoms with van der Waals surface area (Å²) in [6.07, 6.45) is 0. The van der Waals surface area contributed by atoms with Gasteiger partial charge < -0.3 is 0 Å². The van der Waals surface area contributed by atoms with E-state index < -0.39 is 0 Å². The lowest BCUT2D eigenvalue weighted by molar-refractivity contribution is 1.11. The van der Waals surface area contributed by atoms with Crippen molar-refractivity contribution in [2.75, 3.05) is 0 Å². The van der Waals surface area contributed by atoms with Crippen LogP contribution in [0.4, 0.5) is 0 Å². The van der Waals surface area contributed by atoms with E-state index in [9.17, 15) is 0 Å². The van der Waals surface area contributed by atoms with Gasteiger partial charge in [0.1, 0.15) is 0 Å². The van der Waals surface area contributed by atoms with Crippen molar-refractivity contribution in [1.82, 2.24) is 0 Å². The molecule has 0 spiro atoms. The van der Waals surface area contributed by atoms with Crippen LogP contribution in [0.1, 0.15) is 13.8 Å². The Bertz CT molecular complexity index is 50.8. The monoisotopic (exact) mass is 121 g/mol. The molecule has 0 saturated heterocycles. The summed E-state index contributed by atoms with van der Waals surface area (Å²) in [4.78, 5) is 0. The molecule has 0 fully saturated rings. The van der Waals surface area contributed by atoms with E-state index in [0.717, 1.165) is 0 Å². The van der Waals surface area contributed by atoms with Crippen molar-refractivity contribution in [3.63, 3.8) is 0 Å². The first-order chi connectivity index (χ1) is 2.77. The van der Waals surface area contributed by atoms with Crippen LogP contribution in [0, 0.1) is 0 Å². The maximum atomic E-state index is 3.82. The molecule has 0 heterocycles. The second-order valence-electron chi connectivity index (χ2n) is 1.32. The van der Waals surface area contributed by atoms with E-state index in [2.05, 4.69) is 27.8 Å². The van der Waals surface area contributed by atoms with Crippen LogP contribution < -0.4 is 0 Å². The Morgan fingerprint density at radius 3 is 2.17 bits per heavy atom. The van der Waals surface area contributed by atoms with Crippen molar-refractivity contribution in [2.24, 2.45) is 4.52 Å². The molecule has 0 amide bonds. The highest BCUT2D eigenvalue weighted by Gasteiger charge is 1.79. The van der Waals surface area contributed by atoms with Crippen LogP contribution >= 0.6 is 17.8 Å². The van der Waals surface area contributed by atoms with Crippen LogP contribution in [0.5, 0.6) is 0 Å². The molecule has 0 radical (unpaired) electrons. The average molecular weight is 121 g/mol. The Morgan fingerprint density at radius 2 is 2.17 bits per heavy atom. The maximum Gasteiger partial charge on any atom is 0.0130 e. The minimum atomic E-state index is 0.683. The highest BCUT2D eigenvalue weighted by Crippen LogP contribution is 2.10. The summed E-state index contributed by atoms with van der Waals surface area (Å²) in [5, 5.41) is 0. The van der Waals surface area contributed by atoms with Crippen molar-refractivity contribution in [3.05, 3.63) is 0 Å². The Balaban J connectivity index is 3.03. The normalized spacial score (nSPS) is 11.3. The fourth-order valence-corrected chi connectivity index (χ4v) is 1.20. The number of hydrogen-bond acceptors (Lipinski definition) is 1. The summed E-state index contributed by atoms with van der Waals surface area (Å²) < 4.78 is 3.82. The zero-order valence-corrected chi connectivity index (χ0v) is 6.10. The molecule has 0 rings (SSSR count). The van der Waals surface area contributed by atoms with Gasteiger partial charge in [-0.25, -0.2) is 0 Å². The Kier molecular flexibility index (Phi) is 4.04. The molecule has 36 valence electrons. The molecular weight excluding hydrogens is 112 g/mol. The molecule has 0 bridgehead atoms. The SMILES string of the molecule is CC(C)P=NP. The molecule has 3 heteroatoms. The van der Waals surface area contributed by atoms with Gasteiger partial charge in [0.2, 0.25) is 0 Å². The second kappa shape index (κ2) is 3.71. The fraction of sp³-hybridized carbons (Fsp3) is 1.00. The first kappa shape index (κ1) is 6.53. The van der Waals surface area contributed by atoms with Crippen molar-refractivity contribution in [2.45, 2.75) is 19.5 Å². The lowest BCUT2D eigenvalue weighted by Gasteiger charge is -1.84. The Hall–Kier alpha value is 0.530. The van der Waals surface area contributed by atoms with Crippen LogP contribution in [0.3, 0.4) is 0 Å². The third-order valence-electron chi connectivity index (χ3n) is 0.298. The van der Waals surface area contributed by atoms with E-state index in [4.69, 9.17) is 0 Å². The molecule has 0 N–H and O–H groups in total. The lowest BCUT2D eigenvalue weighted by atomic mass is 10.6. The minimum Gasteiger partial charge on any atom is -0.252 e. The van der Waals surface area contributed by atoms with E-state index >= 15 is 0 Å². The number of hydrogen-bond donors (Lipinski definition) is 0. The standard InChI is InChI=1S/C3H9NP2/c1-3(2)6-4-5/h3H,5H2,1-2H3. The maximum absolute atomic E-state index is 3.82. The van der Waals surface area contributed by atoms with E-state index in [1.807, 2.05) is 0 Å².